The molecule has 1 aliphatic rings. The van der Waals surface area contributed by atoms with Crippen molar-refractivity contribution in [2.75, 3.05) is 40.4 Å². The zero-order valence-electron chi connectivity index (χ0n) is 16.4. The van der Waals surface area contributed by atoms with E-state index < -0.39 is 0 Å². The molecule has 1 fully saturated rings. The monoisotopic (exact) mass is 366 g/mol. The molecule has 0 radical (unpaired) electrons. The quantitative estimate of drug-likeness (QED) is 0.804. The molecular formula is C19H30N2O5. The number of carbonyl (C=O) groups excluding carboxylic acids is 2. The molecule has 2 amide bonds. The van der Waals surface area contributed by atoms with Crippen molar-refractivity contribution in [1.29, 1.82) is 0 Å². The predicted molar refractivity (Wildman–Crippen MR) is 98.9 cm³/mol. The minimum atomic E-state index is -0.388. The van der Waals surface area contributed by atoms with Gasteiger partial charge in [-0.3, -0.25) is 0 Å². The molecule has 1 aliphatic heterocycles. The van der Waals surface area contributed by atoms with Crippen LogP contribution in [-0.2, 0) is 20.8 Å². The van der Waals surface area contributed by atoms with Crippen LogP contribution in [0.4, 0.5) is 9.59 Å². The van der Waals surface area contributed by atoms with Gasteiger partial charge in [-0.05, 0) is 26.3 Å². The second-order valence-electron chi connectivity index (χ2n) is 7.01. The zero-order valence-corrected chi connectivity index (χ0v) is 16.4. The van der Waals surface area contributed by atoms with Crippen molar-refractivity contribution in [2.45, 2.75) is 33.0 Å². The van der Waals surface area contributed by atoms with Crippen LogP contribution < -0.4 is 0 Å². The first kappa shape index (κ1) is 21.8. The summed E-state index contributed by atoms with van der Waals surface area (Å²) in [5, 5.41) is 0. The van der Waals surface area contributed by atoms with Gasteiger partial charge >= 0.3 is 12.2 Å². The van der Waals surface area contributed by atoms with E-state index in [4.69, 9.17) is 14.2 Å². The molecule has 0 N–H and O–H groups in total. The van der Waals surface area contributed by atoms with Crippen LogP contribution >= 0.6 is 0 Å². The van der Waals surface area contributed by atoms with Gasteiger partial charge in [0.1, 0.15) is 12.2 Å². The summed E-state index contributed by atoms with van der Waals surface area (Å²) in [5.41, 5.74) is 0.616. The summed E-state index contributed by atoms with van der Waals surface area (Å²) in [7, 11) is 3.32. The molecule has 0 saturated carbocycles. The molecule has 1 aromatic rings. The minimum absolute atomic E-state index is 0.257. The van der Waals surface area contributed by atoms with Crippen molar-refractivity contribution in [3.8, 4) is 0 Å². The number of ether oxygens (including phenoxy) is 3. The lowest BCUT2D eigenvalue weighted by Crippen LogP contribution is -2.40. The number of carbonyl (C=O) groups is 2. The summed E-state index contributed by atoms with van der Waals surface area (Å²) in [4.78, 5) is 25.6. The highest BCUT2D eigenvalue weighted by atomic mass is 16.6. The lowest BCUT2D eigenvalue weighted by Gasteiger charge is -2.25. The second kappa shape index (κ2) is 10.7. The van der Waals surface area contributed by atoms with Gasteiger partial charge in [-0.25, -0.2) is 9.59 Å². The Hall–Kier alpha value is -2.28. The number of morpholine rings is 1. The topological polar surface area (TPSA) is 68.3 Å². The Morgan fingerprint density at radius 1 is 1.12 bits per heavy atom. The number of amides is 2. The Balaban J connectivity index is 0.000000294. The molecule has 1 saturated heterocycles. The van der Waals surface area contributed by atoms with Crippen LogP contribution in [-0.4, -0.2) is 68.0 Å². The van der Waals surface area contributed by atoms with Crippen LogP contribution in [0.1, 0.15) is 26.3 Å². The van der Waals surface area contributed by atoms with E-state index in [0.717, 1.165) is 5.56 Å². The predicted octanol–water partition coefficient (Wildman–Crippen LogP) is 3.14. The Morgan fingerprint density at radius 2 is 1.69 bits per heavy atom. The first-order valence-electron chi connectivity index (χ1n) is 8.62. The zero-order chi connectivity index (χ0) is 19.6. The molecule has 7 nitrogen and oxygen atoms in total. The van der Waals surface area contributed by atoms with Crippen LogP contribution in [0.2, 0.25) is 0 Å². The lowest BCUT2D eigenvalue weighted by molar-refractivity contribution is 0.0249. The van der Waals surface area contributed by atoms with Gasteiger partial charge in [0, 0.05) is 27.2 Å². The van der Waals surface area contributed by atoms with Gasteiger partial charge in [-0.15, -0.1) is 0 Å². The van der Waals surface area contributed by atoms with Gasteiger partial charge in [0.05, 0.1) is 13.2 Å². The second-order valence-corrected chi connectivity index (χ2v) is 7.01. The van der Waals surface area contributed by atoms with Crippen molar-refractivity contribution >= 4 is 12.2 Å². The summed E-state index contributed by atoms with van der Waals surface area (Å²) in [6, 6.07) is 9.67. The van der Waals surface area contributed by atoms with E-state index >= 15 is 0 Å². The van der Waals surface area contributed by atoms with Gasteiger partial charge in [0.25, 0.3) is 0 Å². The van der Waals surface area contributed by atoms with Gasteiger partial charge in [0.15, 0.2) is 0 Å². The van der Waals surface area contributed by atoms with E-state index in [9.17, 15) is 9.59 Å². The SMILES string of the molecule is CN(C)C(=O)OC(C)(C)C.O=C(OCc1ccccc1)N1CCOCC1. The fourth-order valence-electron chi connectivity index (χ4n) is 1.91. The van der Waals surface area contributed by atoms with E-state index in [1.54, 1.807) is 19.0 Å². The summed E-state index contributed by atoms with van der Waals surface area (Å²) in [5.74, 6) is 0. The molecule has 1 heterocycles. The number of nitrogens with zero attached hydrogens (tertiary/aromatic N) is 2. The highest BCUT2D eigenvalue weighted by Crippen LogP contribution is 2.08. The first-order chi connectivity index (χ1) is 12.2. The van der Waals surface area contributed by atoms with Crippen LogP contribution in [0.15, 0.2) is 30.3 Å². The number of rotatable bonds is 2. The molecule has 146 valence electrons. The van der Waals surface area contributed by atoms with Crippen LogP contribution in [0.3, 0.4) is 0 Å². The molecule has 7 heteroatoms. The largest absolute Gasteiger partial charge is 0.445 e. The maximum Gasteiger partial charge on any atom is 0.410 e. The van der Waals surface area contributed by atoms with Crippen molar-refractivity contribution in [2.24, 2.45) is 0 Å². The fourth-order valence-corrected chi connectivity index (χ4v) is 1.91. The first-order valence-corrected chi connectivity index (χ1v) is 8.62. The molecule has 0 atom stereocenters. The summed E-state index contributed by atoms with van der Waals surface area (Å²) in [6.45, 7) is 8.29. The maximum atomic E-state index is 11.6. The third-order valence-electron chi connectivity index (χ3n) is 3.23. The molecule has 0 aromatic heterocycles. The molecule has 0 unspecified atom stereocenters. The van der Waals surface area contributed by atoms with Gasteiger partial charge in [-0.1, -0.05) is 30.3 Å². The summed E-state index contributed by atoms with van der Waals surface area (Å²) < 4.78 is 15.3. The van der Waals surface area contributed by atoms with Gasteiger partial charge in [0.2, 0.25) is 0 Å². The van der Waals surface area contributed by atoms with Crippen LogP contribution in [0.5, 0.6) is 0 Å². The average Bonchev–Trinajstić information content (AvgIpc) is 2.60. The van der Waals surface area contributed by atoms with Gasteiger partial charge in [-0.2, -0.15) is 0 Å². The normalized spacial score (nSPS) is 14.0. The van der Waals surface area contributed by atoms with Crippen molar-refractivity contribution in [1.82, 2.24) is 9.80 Å². The minimum Gasteiger partial charge on any atom is -0.445 e. The van der Waals surface area contributed by atoms with E-state index in [1.807, 2.05) is 51.1 Å². The molecule has 2 rings (SSSR count). The molecule has 0 aliphatic carbocycles. The van der Waals surface area contributed by atoms with Crippen molar-refractivity contribution in [3.63, 3.8) is 0 Å². The van der Waals surface area contributed by atoms with E-state index in [2.05, 4.69) is 0 Å². The average molecular weight is 366 g/mol. The summed E-state index contributed by atoms with van der Waals surface area (Å²) >= 11 is 0. The lowest BCUT2D eigenvalue weighted by atomic mass is 10.2. The number of benzene rings is 1. The fraction of sp³-hybridized carbons (Fsp3) is 0.579. The molecule has 26 heavy (non-hydrogen) atoms. The highest BCUT2D eigenvalue weighted by molar-refractivity contribution is 5.67. The molecule has 0 spiro atoms. The van der Waals surface area contributed by atoms with Crippen LogP contribution in [0, 0.1) is 0 Å². The van der Waals surface area contributed by atoms with E-state index in [-0.39, 0.29) is 17.8 Å². The van der Waals surface area contributed by atoms with Crippen LogP contribution in [0.25, 0.3) is 0 Å². The highest BCUT2D eigenvalue weighted by Gasteiger charge is 2.18. The Bertz CT molecular complexity index is 549. The third kappa shape index (κ3) is 9.27. The Morgan fingerprint density at radius 3 is 2.15 bits per heavy atom. The third-order valence-corrected chi connectivity index (χ3v) is 3.23. The van der Waals surface area contributed by atoms with Crippen molar-refractivity contribution < 1.29 is 23.8 Å². The summed E-state index contributed by atoms with van der Waals surface area (Å²) in [6.07, 6.45) is -0.556. The number of hydrogen-bond donors (Lipinski definition) is 0. The van der Waals surface area contributed by atoms with Crippen molar-refractivity contribution in [3.05, 3.63) is 35.9 Å². The van der Waals surface area contributed by atoms with E-state index in [0.29, 0.717) is 32.9 Å². The Kier molecular flexibility index (Phi) is 8.92. The molecular weight excluding hydrogens is 336 g/mol. The maximum absolute atomic E-state index is 11.6. The Labute approximate surface area is 155 Å². The van der Waals surface area contributed by atoms with Gasteiger partial charge < -0.3 is 24.0 Å². The molecule has 0 bridgehead atoms. The smallest absolute Gasteiger partial charge is 0.410 e. The number of hydrogen-bond acceptors (Lipinski definition) is 5. The van der Waals surface area contributed by atoms with E-state index in [1.165, 1.54) is 4.90 Å². The standard InChI is InChI=1S/C12H15NO3.C7H15NO2/c14-12(13-6-8-15-9-7-13)16-10-11-4-2-1-3-5-11;1-7(2,3)10-6(9)8(4)5/h1-5H,6-10H2;1-5H3. The molecule has 1 aromatic carbocycles.